The molecule has 9 heteroatoms. The molecule has 0 saturated heterocycles. The molecule has 1 atom stereocenters. The Kier molecular flexibility index (Phi) is 5.93. The molecule has 1 aromatic carbocycles. The Bertz CT molecular complexity index is 1380. The number of anilines is 1. The minimum Gasteiger partial charge on any atom is -0.382 e. The number of rotatable bonds is 5. The lowest BCUT2D eigenvalue weighted by molar-refractivity contribution is 0.0687. The maximum Gasteiger partial charge on any atom is 0.187 e. The summed E-state index contributed by atoms with van der Waals surface area (Å²) >= 11 is 6.44. The van der Waals surface area contributed by atoms with Crippen molar-refractivity contribution in [3.63, 3.8) is 0 Å². The largest absolute Gasteiger partial charge is 0.382 e. The van der Waals surface area contributed by atoms with Crippen molar-refractivity contribution in [1.82, 2.24) is 19.9 Å². The average molecular weight is 463 g/mol. The predicted molar refractivity (Wildman–Crippen MR) is 126 cm³/mol. The summed E-state index contributed by atoms with van der Waals surface area (Å²) < 4.78 is 14.9. The number of pyridine rings is 2. The first kappa shape index (κ1) is 22.5. The van der Waals surface area contributed by atoms with E-state index in [0.29, 0.717) is 33.0 Å². The highest BCUT2D eigenvalue weighted by Gasteiger charge is 2.21. The van der Waals surface area contributed by atoms with Crippen LogP contribution in [0.25, 0.3) is 27.1 Å². The summed E-state index contributed by atoms with van der Waals surface area (Å²) in [4.78, 5) is 20.5. The Morgan fingerprint density at radius 3 is 2.55 bits per heavy atom. The van der Waals surface area contributed by atoms with Crippen molar-refractivity contribution >= 4 is 34.0 Å². The summed E-state index contributed by atoms with van der Waals surface area (Å²) in [5, 5.41) is 13.7. The maximum absolute atomic E-state index is 14.9. The normalized spacial score (nSPS) is 12.4. The Morgan fingerprint density at radius 1 is 1.15 bits per heavy atom. The molecule has 33 heavy (non-hydrogen) atoms. The standard InChI is InChI=1S/C24H20ClFN6O/c1-13(14-6-5-7-16(8-14)27-4)31-21-17(25)12-28-19-9-18(26)20(32-22(19)21)15-10-29-23(30-11-15)24(2,3)33/h5-13,33H,1-3H3,(H,28,31)/t13-/m1/s1. The zero-order valence-electron chi connectivity index (χ0n) is 18.1. The van der Waals surface area contributed by atoms with Crippen molar-refractivity contribution in [3.8, 4) is 11.3 Å². The lowest BCUT2D eigenvalue weighted by Crippen LogP contribution is -2.19. The van der Waals surface area contributed by atoms with Crippen molar-refractivity contribution in [3.05, 3.63) is 82.6 Å². The molecule has 0 unspecified atom stereocenters. The molecule has 3 aromatic heterocycles. The molecular weight excluding hydrogens is 443 g/mol. The fourth-order valence-electron chi connectivity index (χ4n) is 3.34. The van der Waals surface area contributed by atoms with Gasteiger partial charge in [0, 0.05) is 36.3 Å². The van der Waals surface area contributed by atoms with Gasteiger partial charge in [-0.2, -0.15) is 0 Å². The zero-order valence-corrected chi connectivity index (χ0v) is 18.9. The van der Waals surface area contributed by atoms with Crippen LogP contribution in [0.4, 0.5) is 15.8 Å². The molecule has 2 N–H and O–H groups in total. The summed E-state index contributed by atoms with van der Waals surface area (Å²) in [7, 11) is 0. The van der Waals surface area contributed by atoms with E-state index in [0.717, 1.165) is 5.56 Å². The van der Waals surface area contributed by atoms with Gasteiger partial charge in [0.2, 0.25) is 0 Å². The van der Waals surface area contributed by atoms with Crippen LogP contribution in [0.3, 0.4) is 0 Å². The van der Waals surface area contributed by atoms with Crippen LogP contribution in [0.2, 0.25) is 5.02 Å². The number of nitrogens with zero attached hydrogens (tertiary/aromatic N) is 5. The molecule has 0 fully saturated rings. The van der Waals surface area contributed by atoms with Gasteiger partial charge in [-0.15, -0.1) is 0 Å². The van der Waals surface area contributed by atoms with Gasteiger partial charge in [0.15, 0.2) is 17.3 Å². The van der Waals surface area contributed by atoms with Crippen LogP contribution in [0.5, 0.6) is 0 Å². The van der Waals surface area contributed by atoms with Gasteiger partial charge in [-0.25, -0.2) is 24.2 Å². The molecular formula is C24H20ClFN6O. The van der Waals surface area contributed by atoms with E-state index in [4.69, 9.17) is 18.2 Å². The maximum atomic E-state index is 14.9. The molecule has 0 aliphatic heterocycles. The van der Waals surface area contributed by atoms with Crippen LogP contribution in [0.15, 0.2) is 48.9 Å². The number of halogens is 2. The lowest BCUT2D eigenvalue weighted by atomic mass is 10.1. The van der Waals surface area contributed by atoms with E-state index in [2.05, 4.69) is 30.1 Å². The summed E-state index contributed by atoms with van der Waals surface area (Å²) in [6, 6.07) is 8.33. The number of aromatic nitrogens is 4. The fraction of sp³-hybridized carbons (Fsp3) is 0.208. The van der Waals surface area contributed by atoms with Crippen LogP contribution in [0.1, 0.15) is 38.2 Å². The Balaban J connectivity index is 1.78. The smallest absolute Gasteiger partial charge is 0.187 e. The van der Waals surface area contributed by atoms with Gasteiger partial charge in [-0.05, 0) is 26.3 Å². The summed E-state index contributed by atoms with van der Waals surface area (Å²) in [5.41, 5.74) is 1.82. The number of nitrogens with one attached hydrogen (secondary N) is 1. The van der Waals surface area contributed by atoms with Crippen LogP contribution >= 0.6 is 11.6 Å². The van der Waals surface area contributed by atoms with Crippen molar-refractivity contribution in [2.24, 2.45) is 0 Å². The molecule has 7 nitrogen and oxygen atoms in total. The fourth-order valence-corrected chi connectivity index (χ4v) is 3.53. The van der Waals surface area contributed by atoms with Gasteiger partial charge < -0.3 is 10.4 Å². The first-order valence-electron chi connectivity index (χ1n) is 10.1. The number of benzene rings is 1. The molecule has 166 valence electrons. The second-order valence-corrected chi connectivity index (χ2v) is 8.50. The minimum absolute atomic E-state index is 0.0413. The van der Waals surface area contributed by atoms with E-state index in [1.54, 1.807) is 26.0 Å². The monoisotopic (exact) mass is 462 g/mol. The molecule has 0 bridgehead atoms. The van der Waals surface area contributed by atoms with Gasteiger partial charge in [0.05, 0.1) is 22.8 Å². The van der Waals surface area contributed by atoms with Crippen molar-refractivity contribution in [2.75, 3.05) is 5.32 Å². The van der Waals surface area contributed by atoms with E-state index in [9.17, 15) is 9.50 Å². The van der Waals surface area contributed by atoms with E-state index in [1.165, 1.54) is 24.7 Å². The van der Waals surface area contributed by atoms with Crippen LogP contribution in [-0.4, -0.2) is 25.0 Å². The van der Waals surface area contributed by atoms with Gasteiger partial charge in [-0.1, -0.05) is 35.9 Å². The molecule has 3 heterocycles. The third-order valence-corrected chi connectivity index (χ3v) is 5.37. The number of aliphatic hydroxyl groups is 1. The zero-order chi connectivity index (χ0) is 23.8. The molecule has 4 rings (SSSR count). The van der Waals surface area contributed by atoms with Crippen molar-refractivity contribution < 1.29 is 9.50 Å². The SMILES string of the molecule is [C-]#[N+]c1cccc([C@@H](C)Nc2c(Cl)cnc3cc(F)c(-c4cnc(C(C)(C)O)nc4)nc23)c1. The first-order valence-corrected chi connectivity index (χ1v) is 10.5. The quantitative estimate of drug-likeness (QED) is 0.363. The molecule has 0 aliphatic carbocycles. The number of fused-ring (bicyclic) bond motifs is 1. The van der Waals surface area contributed by atoms with Crippen molar-refractivity contribution in [1.29, 1.82) is 0 Å². The molecule has 0 amide bonds. The van der Waals surface area contributed by atoms with Gasteiger partial charge in [0.1, 0.15) is 16.8 Å². The van der Waals surface area contributed by atoms with Crippen LogP contribution < -0.4 is 5.32 Å². The van der Waals surface area contributed by atoms with E-state index in [1.807, 2.05) is 19.1 Å². The second-order valence-electron chi connectivity index (χ2n) is 8.09. The predicted octanol–water partition coefficient (Wildman–Crippen LogP) is 5.83. The molecule has 0 radical (unpaired) electrons. The van der Waals surface area contributed by atoms with E-state index >= 15 is 0 Å². The molecule has 0 aliphatic rings. The van der Waals surface area contributed by atoms with Crippen LogP contribution in [0, 0.1) is 12.4 Å². The summed E-state index contributed by atoms with van der Waals surface area (Å²) in [6.45, 7) is 12.3. The molecule has 4 aromatic rings. The number of hydrogen-bond acceptors (Lipinski definition) is 6. The average Bonchev–Trinajstić information content (AvgIpc) is 2.80. The van der Waals surface area contributed by atoms with Gasteiger partial charge in [0.25, 0.3) is 0 Å². The molecule has 0 spiro atoms. The Labute approximate surface area is 195 Å². The van der Waals surface area contributed by atoms with Crippen molar-refractivity contribution in [2.45, 2.75) is 32.4 Å². The first-order chi connectivity index (χ1) is 15.7. The highest BCUT2D eigenvalue weighted by atomic mass is 35.5. The molecule has 0 saturated carbocycles. The highest BCUT2D eigenvalue weighted by molar-refractivity contribution is 6.34. The summed E-state index contributed by atoms with van der Waals surface area (Å²) in [5.74, 6) is -0.365. The topological polar surface area (TPSA) is 88.2 Å². The van der Waals surface area contributed by atoms with Crippen LogP contribution in [-0.2, 0) is 5.60 Å². The number of hydrogen-bond donors (Lipinski definition) is 2. The van der Waals surface area contributed by atoms with E-state index in [-0.39, 0.29) is 17.6 Å². The highest BCUT2D eigenvalue weighted by Crippen LogP contribution is 2.34. The third kappa shape index (κ3) is 4.60. The van der Waals surface area contributed by atoms with Gasteiger partial charge >= 0.3 is 0 Å². The van der Waals surface area contributed by atoms with E-state index < -0.39 is 11.4 Å². The third-order valence-electron chi connectivity index (χ3n) is 5.08. The lowest BCUT2D eigenvalue weighted by Gasteiger charge is -2.19. The second kappa shape index (κ2) is 8.70. The minimum atomic E-state index is -1.22. The summed E-state index contributed by atoms with van der Waals surface area (Å²) in [6.07, 6.45) is 4.28. The Morgan fingerprint density at radius 2 is 1.88 bits per heavy atom. The van der Waals surface area contributed by atoms with Gasteiger partial charge in [-0.3, -0.25) is 4.98 Å². The Hall–Kier alpha value is -3.67.